The van der Waals surface area contributed by atoms with Crippen LogP contribution in [0.25, 0.3) is 11.8 Å². The molecule has 0 fully saturated rings. The molecule has 0 aliphatic rings. The zero-order chi connectivity index (χ0) is 21.3. The molecule has 2 radical (unpaired) electrons. The van der Waals surface area contributed by atoms with E-state index in [4.69, 9.17) is 12.6 Å². The lowest BCUT2D eigenvalue weighted by Crippen LogP contribution is -2.36. The molecule has 0 N–H and O–H groups in total. The molecule has 1 heterocycles. The molecule has 0 bridgehead atoms. The number of ether oxygens (including phenoxy) is 1. The van der Waals surface area contributed by atoms with Crippen LogP contribution >= 0.6 is 0 Å². The highest BCUT2D eigenvalue weighted by atomic mass is 19.1. The summed E-state index contributed by atoms with van der Waals surface area (Å²) in [6.07, 6.45) is 1.27. The molecule has 0 saturated heterocycles. The van der Waals surface area contributed by atoms with Crippen molar-refractivity contribution in [3.05, 3.63) is 93.4 Å². The third kappa shape index (κ3) is 3.96. The zero-order valence-electron chi connectivity index (χ0n) is 15.3. The SMILES string of the molecule is [B]c1c(OCc2ccc(F)cc2F)cc(C)n(-c2c(F)cc(C=C)cc2F)c1=O. The Balaban J connectivity index is 2.01. The van der Waals surface area contributed by atoms with Gasteiger partial charge in [0.05, 0.1) is 0 Å². The van der Waals surface area contributed by atoms with Gasteiger partial charge in [-0.1, -0.05) is 12.7 Å². The summed E-state index contributed by atoms with van der Waals surface area (Å²) >= 11 is 0. The maximum absolute atomic E-state index is 14.4. The largest absolute Gasteiger partial charge is 0.489 e. The van der Waals surface area contributed by atoms with Gasteiger partial charge in [-0.2, -0.15) is 0 Å². The van der Waals surface area contributed by atoms with Crippen LogP contribution in [0.4, 0.5) is 17.6 Å². The molecule has 2 aromatic carbocycles. The number of hydrogen-bond donors (Lipinski definition) is 0. The lowest BCUT2D eigenvalue weighted by molar-refractivity contribution is 0.301. The number of nitrogens with zero attached hydrogens (tertiary/aromatic N) is 1. The van der Waals surface area contributed by atoms with Crippen molar-refractivity contribution < 1.29 is 22.3 Å². The molecule has 29 heavy (non-hydrogen) atoms. The van der Waals surface area contributed by atoms with Crippen molar-refractivity contribution >= 4 is 19.4 Å². The minimum Gasteiger partial charge on any atom is -0.489 e. The standard InChI is InChI=1S/C21H14BF4NO2/c1-3-12-7-16(25)20(17(26)8-12)27-11(2)6-18(19(22)21(27)28)29-10-13-4-5-14(23)9-15(13)24/h3-9H,1,10H2,2H3. The summed E-state index contributed by atoms with van der Waals surface area (Å²) in [5.74, 6) is -3.58. The first-order chi connectivity index (χ1) is 13.7. The van der Waals surface area contributed by atoms with Crippen molar-refractivity contribution in [1.82, 2.24) is 4.57 Å². The fourth-order valence-electron chi connectivity index (χ4n) is 2.83. The minimum absolute atomic E-state index is 0.0461. The fourth-order valence-corrected chi connectivity index (χ4v) is 2.83. The van der Waals surface area contributed by atoms with E-state index in [1.807, 2.05) is 0 Å². The second kappa shape index (κ2) is 7.99. The summed E-state index contributed by atoms with van der Waals surface area (Å²) in [4.78, 5) is 12.7. The molecule has 3 nitrogen and oxygen atoms in total. The van der Waals surface area contributed by atoms with Crippen molar-refractivity contribution in [3.63, 3.8) is 0 Å². The molecule has 0 amide bonds. The van der Waals surface area contributed by atoms with Gasteiger partial charge in [-0.15, -0.1) is 0 Å². The van der Waals surface area contributed by atoms with E-state index in [2.05, 4.69) is 6.58 Å². The Kier molecular flexibility index (Phi) is 5.63. The predicted molar refractivity (Wildman–Crippen MR) is 103 cm³/mol. The normalized spacial score (nSPS) is 10.8. The molecule has 146 valence electrons. The smallest absolute Gasteiger partial charge is 0.251 e. The average molecular weight is 399 g/mol. The van der Waals surface area contributed by atoms with Gasteiger partial charge in [0, 0.05) is 22.8 Å². The van der Waals surface area contributed by atoms with E-state index in [9.17, 15) is 22.4 Å². The monoisotopic (exact) mass is 399 g/mol. The van der Waals surface area contributed by atoms with E-state index in [0.717, 1.165) is 22.8 Å². The summed E-state index contributed by atoms with van der Waals surface area (Å²) in [6, 6.07) is 6.33. The van der Waals surface area contributed by atoms with Crippen molar-refractivity contribution in [3.8, 4) is 11.4 Å². The van der Waals surface area contributed by atoms with Crippen LogP contribution in [0.5, 0.6) is 5.75 Å². The Hall–Kier alpha value is -3.29. The van der Waals surface area contributed by atoms with Gasteiger partial charge >= 0.3 is 0 Å². The Bertz CT molecular complexity index is 1150. The van der Waals surface area contributed by atoms with E-state index >= 15 is 0 Å². The Labute approximate surface area is 165 Å². The second-order valence-electron chi connectivity index (χ2n) is 6.27. The lowest BCUT2D eigenvalue weighted by atomic mass is 9.96. The number of pyridine rings is 1. The molecular weight excluding hydrogens is 385 g/mol. The van der Waals surface area contributed by atoms with E-state index in [1.54, 1.807) is 0 Å². The van der Waals surface area contributed by atoms with Gasteiger partial charge in [0.1, 0.15) is 37.5 Å². The molecule has 0 atom stereocenters. The van der Waals surface area contributed by atoms with Gasteiger partial charge in [-0.25, -0.2) is 17.6 Å². The summed E-state index contributed by atoms with van der Waals surface area (Å²) in [7, 11) is 5.80. The molecule has 0 saturated carbocycles. The summed E-state index contributed by atoms with van der Waals surface area (Å²) in [5.41, 5.74) is -1.49. The number of benzene rings is 2. The molecule has 3 aromatic rings. The molecule has 0 spiro atoms. The van der Waals surface area contributed by atoms with E-state index in [1.165, 1.54) is 25.1 Å². The van der Waals surface area contributed by atoms with E-state index in [-0.39, 0.29) is 29.2 Å². The Morgan fingerprint density at radius 1 is 1.07 bits per heavy atom. The number of rotatable bonds is 5. The van der Waals surface area contributed by atoms with E-state index in [0.29, 0.717) is 6.07 Å². The van der Waals surface area contributed by atoms with E-state index < -0.39 is 40.0 Å². The van der Waals surface area contributed by atoms with Crippen molar-refractivity contribution in [2.45, 2.75) is 13.5 Å². The first-order valence-corrected chi connectivity index (χ1v) is 8.43. The van der Waals surface area contributed by atoms with Crippen molar-refractivity contribution in [2.75, 3.05) is 0 Å². The number of halogens is 4. The minimum atomic E-state index is -0.966. The van der Waals surface area contributed by atoms with Crippen LogP contribution < -0.4 is 15.8 Å². The second-order valence-corrected chi connectivity index (χ2v) is 6.27. The van der Waals surface area contributed by atoms with Crippen LogP contribution in [-0.4, -0.2) is 12.4 Å². The molecule has 1 aromatic heterocycles. The average Bonchev–Trinajstić information content (AvgIpc) is 2.66. The molecule has 0 aliphatic heterocycles. The molecule has 8 heteroatoms. The first kappa shape index (κ1) is 20.4. The Morgan fingerprint density at radius 2 is 1.72 bits per heavy atom. The molecule has 0 unspecified atom stereocenters. The lowest BCUT2D eigenvalue weighted by Gasteiger charge is -2.17. The highest BCUT2D eigenvalue weighted by molar-refractivity contribution is 6.34. The Morgan fingerprint density at radius 3 is 2.31 bits per heavy atom. The number of hydrogen-bond acceptors (Lipinski definition) is 2. The first-order valence-electron chi connectivity index (χ1n) is 8.43. The topological polar surface area (TPSA) is 31.2 Å². The number of aromatic nitrogens is 1. The van der Waals surface area contributed by atoms with Crippen LogP contribution in [-0.2, 0) is 6.61 Å². The third-order valence-electron chi connectivity index (χ3n) is 4.29. The zero-order valence-corrected chi connectivity index (χ0v) is 15.3. The molecule has 0 aliphatic carbocycles. The summed E-state index contributed by atoms with van der Waals surface area (Å²) < 4.78 is 61.8. The van der Waals surface area contributed by atoms with Gasteiger partial charge < -0.3 is 4.74 Å². The maximum atomic E-state index is 14.4. The van der Waals surface area contributed by atoms with Crippen LogP contribution in [0.1, 0.15) is 16.8 Å². The van der Waals surface area contributed by atoms with Gasteiger partial charge in [0.15, 0.2) is 11.6 Å². The van der Waals surface area contributed by atoms with Crippen molar-refractivity contribution in [1.29, 1.82) is 0 Å². The van der Waals surface area contributed by atoms with Crippen molar-refractivity contribution in [2.24, 2.45) is 0 Å². The maximum Gasteiger partial charge on any atom is 0.251 e. The van der Waals surface area contributed by atoms with Gasteiger partial charge in [0.25, 0.3) is 5.56 Å². The number of aryl methyl sites for hydroxylation is 1. The highest BCUT2D eigenvalue weighted by Crippen LogP contribution is 2.22. The summed E-state index contributed by atoms with van der Waals surface area (Å²) in [6.45, 7) is 4.56. The van der Waals surface area contributed by atoms with Gasteiger partial charge in [-0.05, 0) is 42.8 Å². The van der Waals surface area contributed by atoms with Gasteiger partial charge in [-0.3, -0.25) is 9.36 Å². The van der Waals surface area contributed by atoms with Crippen LogP contribution in [0.2, 0.25) is 0 Å². The highest BCUT2D eigenvalue weighted by Gasteiger charge is 2.19. The van der Waals surface area contributed by atoms with Crippen LogP contribution in [0, 0.1) is 30.2 Å². The molecular formula is C21H14BF4NO2. The predicted octanol–water partition coefficient (Wildman–Crippen LogP) is 3.72. The van der Waals surface area contributed by atoms with Crippen LogP contribution in [0.15, 0.2) is 47.8 Å². The molecule has 3 rings (SSSR count). The van der Waals surface area contributed by atoms with Gasteiger partial charge in [0.2, 0.25) is 0 Å². The summed E-state index contributed by atoms with van der Waals surface area (Å²) in [5, 5.41) is 0. The quantitative estimate of drug-likeness (QED) is 0.484. The van der Waals surface area contributed by atoms with Crippen LogP contribution in [0.3, 0.4) is 0 Å². The fraction of sp³-hybridized carbons (Fsp3) is 0.0952. The third-order valence-corrected chi connectivity index (χ3v) is 4.29.